The van der Waals surface area contributed by atoms with E-state index in [0.717, 1.165) is 5.56 Å². The third-order valence-electron chi connectivity index (χ3n) is 1.61. The second kappa shape index (κ2) is 5.01. The second-order valence-corrected chi connectivity index (χ2v) is 2.48. The monoisotopic (exact) mass is 175 g/mol. The van der Waals surface area contributed by atoms with Crippen molar-refractivity contribution in [3.8, 4) is 6.07 Å². The minimum Gasteiger partial charge on any atom is -0.300 e. The zero-order chi connectivity index (χ0) is 9.52. The molecule has 66 valence electrons. The Bertz CT molecular complexity index is 330. The molecule has 0 atom stereocenters. The van der Waals surface area contributed by atoms with Crippen molar-refractivity contribution in [3.05, 3.63) is 34.7 Å². The summed E-state index contributed by atoms with van der Waals surface area (Å²) in [6, 6.07) is 9.00. The summed E-state index contributed by atoms with van der Waals surface area (Å²) in [7, 11) is 0. The molecule has 0 bridgehead atoms. The highest BCUT2D eigenvalue weighted by molar-refractivity contribution is 5.45. The minimum absolute atomic E-state index is 0.271. The van der Waals surface area contributed by atoms with Crippen molar-refractivity contribution < 1.29 is 0 Å². The van der Waals surface area contributed by atoms with Gasteiger partial charge in [-0.3, -0.25) is 0 Å². The lowest BCUT2D eigenvalue weighted by atomic mass is 10.2. The normalized spacial score (nSPS) is 9.15. The summed E-state index contributed by atoms with van der Waals surface area (Å²) in [6.07, 6.45) is 0. The summed E-state index contributed by atoms with van der Waals surface area (Å²) in [5.74, 6) is 0. The third-order valence-corrected chi connectivity index (χ3v) is 1.61. The van der Waals surface area contributed by atoms with E-state index in [2.05, 4.69) is 10.5 Å². The highest BCUT2D eigenvalue weighted by Gasteiger charge is 1.99. The van der Waals surface area contributed by atoms with Crippen LogP contribution >= 0.6 is 0 Å². The van der Waals surface area contributed by atoms with Gasteiger partial charge in [0.2, 0.25) is 0 Å². The number of nitrogens with one attached hydrogen (secondary N) is 1. The van der Waals surface area contributed by atoms with Crippen LogP contribution in [0.3, 0.4) is 0 Å². The Morgan fingerprint density at radius 3 is 2.92 bits per heavy atom. The highest BCUT2D eigenvalue weighted by Crippen LogP contribution is 2.17. The van der Waals surface area contributed by atoms with E-state index in [1.807, 2.05) is 12.1 Å². The van der Waals surface area contributed by atoms with Gasteiger partial charge in [-0.25, -0.2) is 0 Å². The van der Waals surface area contributed by atoms with Crippen LogP contribution < -0.4 is 5.32 Å². The van der Waals surface area contributed by atoms with Gasteiger partial charge >= 0.3 is 0 Å². The van der Waals surface area contributed by atoms with Gasteiger partial charge in [-0.05, 0) is 16.8 Å². The number of rotatable bonds is 4. The Morgan fingerprint density at radius 2 is 2.23 bits per heavy atom. The van der Waals surface area contributed by atoms with Gasteiger partial charge in [0, 0.05) is 6.54 Å². The Hall–Kier alpha value is -1.73. The highest BCUT2D eigenvalue weighted by atomic mass is 16.3. The molecule has 0 amide bonds. The molecule has 0 aromatic heterocycles. The zero-order valence-corrected chi connectivity index (χ0v) is 7.03. The van der Waals surface area contributed by atoms with Crippen molar-refractivity contribution in [2.24, 2.45) is 5.18 Å². The predicted octanol–water partition coefficient (Wildman–Crippen LogP) is 1.70. The van der Waals surface area contributed by atoms with Gasteiger partial charge < -0.3 is 5.32 Å². The summed E-state index contributed by atoms with van der Waals surface area (Å²) >= 11 is 0. The van der Waals surface area contributed by atoms with E-state index in [9.17, 15) is 4.91 Å². The van der Waals surface area contributed by atoms with Crippen LogP contribution in [0.15, 0.2) is 29.4 Å². The second-order valence-electron chi connectivity index (χ2n) is 2.48. The summed E-state index contributed by atoms with van der Waals surface area (Å²) in [4.78, 5) is 10.3. The number of nitriles is 1. The van der Waals surface area contributed by atoms with Crippen molar-refractivity contribution in [2.45, 2.75) is 6.54 Å². The van der Waals surface area contributed by atoms with Gasteiger partial charge in [-0.2, -0.15) is 5.26 Å². The van der Waals surface area contributed by atoms with Crippen LogP contribution in [0.4, 0.5) is 5.69 Å². The molecule has 0 spiro atoms. The van der Waals surface area contributed by atoms with Crippen molar-refractivity contribution in [3.63, 3.8) is 0 Å². The molecule has 0 saturated heterocycles. The van der Waals surface area contributed by atoms with E-state index in [0.29, 0.717) is 12.2 Å². The summed E-state index contributed by atoms with van der Waals surface area (Å²) in [5.41, 5.74) is 1.24. The first kappa shape index (κ1) is 9.36. The van der Waals surface area contributed by atoms with Crippen LogP contribution in [0.5, 0.6) is 0 Å². The SMILES string of the molecule is N#CCNCc1ccccc1N=O. The maximum Gasteiger partial charge on any atom is 0.112 e. The third kappa shape index (κ3) is 2.65. The van der Waals surface area contributed by atoms with Crippen molar-refractivity contribution in [2.75, 3.05) is 6.54 Å². The van der Waals surface area contributed by atoms with Crippen LogP contribution in [0, 0.1) is 16.2 Å². The number of nitrogens with zero attached hydrogens (tertiary/aromatic N) is 2. The van der Waals surface area contributed by atoms with Gasteiger partial charge in [0.25, 0.3) is 0 Å². The Morgan fingerprint density at radius 1 is 1.46 bits per heavy atom. The van der Waals surface area contributed by atoms with Crippen LogP contribution in [-0.4, -0.2) is 6.54 Å². The van der Waals surface area contributed by atoms with Crippen LogP contribution in [-0.2, 0) is 6.54 Å². The minimum atomic E-state index is 0.271. The molecule has 0 aliphatic carbocycles. The summed E-state index contributed by atoms with van der Waals surface area (Å²) in [5, 5.41) is 14.0. The van der Waals surface area contributed by atoms with E-state index >= 15 is 0 Å². The zero-order valence-electron chi connectivity index (χ0n) is 7.03. The lowest BCUT2D eigenvalue weighted by Crippen LogP contribution is -2.12. The molecule has 0 unspecified atom stereocenters. The van der Waals surface area contributed by atoms with Crippen LogP contribution in [0.1, 0.15) is 5.56 Å². The fourth-order valence-corrected chi connectivity index (χ4v) is 1.00. The molecular weight excluding hydrogens is 166 g/mol. The average molecular weight is 175 g/mol. The maximum atomic E-state index is 10.3. The van der Waals surface area contributed by atoms with E-state index < -0.39 is 0 Å². The molecule has 0 heterocycles. The standard InChI is InChI=1S/C9H9N3O/c10-5-6-11-7-8-3-1-2-4-9(8)12-13/h1-4,11H,6-7H2. The van der Waals surface area contributed by atoms with Gasteiger partial charge in [0.15, 0.2) is 0 Å². The molecule has 0 saturated carbocycles. The largest absolute Gasteiger partial charge is 0.300 e. The first-order valence-corrected chi connectivity index (χ1v) is 3.87. The Kier molecular flexibility index (Phi) is 3.61. The quantitative estimate of drug-likeness (QED) is 0.430. The van der Waals surface area contributed by atoms with E-state index in [4.69, 9.17) is 5.26 Å². The predicted molar refractivity (Wildman–Crippen MR) is 49.2 cm³/mol. The fourth-order valence-electron chi connectivity index (χ4n) is 1.00. The van der Waals surface area contributed by atoms with E-state index in [1.165, 1.54) is 0 Å². The lowest BCUT2D eigenvalue weighted by Gasteiger charge is -2.01. The number of hydrogen-bond donors (Lipinski definition) is 1. The molecule has 0 fully saturated rings. The van der Waals surface area contributed by atoms with Crippen LogP contribution in [0.25, 0.3) is 0 Å². The van der Waals surface area contributed by atoms with Gasteiger partial charge in [0.05, 0.1) is 12.6 Å². The Labute approximate surface area is 76.2 Å². The van der Waals surface area contributed by atoms with Crippen molar-refractivity contribution >= 4 is 5.69 Å². The molecule has 1 rings (SSSR count). The van der Waals surface area contributed by atoms with E-state index in [1.54, 1.807) is 18.2 Å². The molecule has 0 radical (unpaired) electrons. The number of hydrogen-bond acceptors (Lipinski definition) is 4. The Balaban J connectivity index is 2.65. The van der Waals surface area contributed by atoms with E-state index in [-0.39, 0.29) is 6.54 Å². The van der Waals surface area contributed by atoms with Gasteiger partial charge in [0.1, 0.15) is 5.69 Å². The number of benzene rings is 1. The molecular formula is C9H9N3O. The molecule has 1 N–H and O–H groups in total. The fraction of sp³-hybridized carbons (Fsp3) is 0.222. The molecule has 1 aromatic carbocycles. The molecule has 4 heteroatoms. The smallest absolute Gasteiger partial charge is 0.112 e. The van der Waals surface area contributed by atoms with Gasteiger partial charge in [-0.15, -0.1) is 4.91 Å². The first-order chi connectivity index (χ1) is 6.38. The topological polar surface area (TPSA) is 65.2 Å². The molecule has 4 nitrogen and oxygen atoms in total. The molecule has 0 aliphatic rings. The van der Waals surface area contributed by atoms with Crippen molar-refractivity contribution in [1.82, 2.24) is 5.32 Å². The summed E-state index contributed by atoms with van der Waals surface area (Å²) in [6.45, 7) is 0.767. The maximum absolute atomic E-state index is 10.3. The molecule has 0 aliphatic heterocycles. The van der Waals surface area contributed by atoms with Crippen LogP contribution in [0.2, 0.25) is 0 Å². The summed E-state index contributed by atoms with van der Waals surface area (Å²) < 4.78 is 0. The average Bonchev–Trinajstić information content (AvgIpc) is 2.19. The van der Waals surface area contributed by atoms with Crippen molar-refractivity contribution in [1.29, 1.82) is 5.26 Å². The first-order valence-electron chi connectivity index (χ1n) is 3.87. The van der Waals surface area contributed by atoms with Gasteiger partial charge in [-0.1, -0.05) is 18.2 Å². The lowest BCUT2D eigenvalue weighted by molar-refractivity contribution is 0.766. The number of nitroso groups, excluding NO2 is 1. The molecule has 1 aromatic rings. The molecule has 13 heavy (non-hydrogen) atoms.